The van der Waals surface area contributed by atoms with Crippen molar-refractivity contribution in [3.8, 4) is 0 Å². The summed E-state index contributed by atoms with van der Waals surface area (Å²) in [6.45, 7) is 7.25. The Hall–Kier alpha value is -1.23. The van der Waals surface area contributed by atoms with Crippen LogP contribution in [0.5, 0.6) is 0 Å². The predicted octanol–water partition coefficient (Wildman–Crippen LogP) is 3.26. The molecule has 0 aliphatic carbocycles. The monoisotopic (exact) mass is 290 g/mol. The number of hydrogen-bond acceptors (Lipinski definition) is 4. The van der Waals surface area contributed by atoms with E-state index in [0.717, 1.165) is 17.2 Å². The Balaban J connectivity index is 2.03. The molecule has 2 N–H and O–H groups in total. The third kappa shape index (κ3) is 3.88. The van der Waals surface area contributed by atoms with Crippen molar-refractivity contribution < 1.29 is 5.11 Å². The molecule has 0 spiro atoms. The second-order valence-corrected chi connectivity index (χ2v) is 6.79. The molecule has 3 nitrogen and oxygen atoms in total. The molecule has 0 radical (unpaired) electrons. The molecular formula is C16H22N2OS. The van der Waals surface area contributed by atoms with Crippen LogP contribution in [0, 0.1) is 0 Å². The predicted molar refractivity (Wildman–Crippen MR) is 83.9 cm³/mol. The third-order valence-electron chi connectivity index (χ3n) is 3.10. The fourth-order valence-electron chi connectivity index (χ4n) is 1.89. The van der Waals surface area contributed by atoms with Crippen LogP contribution in [-0.2, 0) is 12.0 Å². The third-order valence-corrected chi connectivity index (χ3v) is 4.38. The number of thiazole rings is 1. The van der Waals surface area contributed by atoms with E-state index in [-0.39, 0.29) is 18.1 Å². The van der Waals surface area contributed by atoms with Crippen LogP contribution in [0.15, 0.2) is 35.7 Å². The lowest BCUT2D eigenvalue weighted by molar-refractivity contribution is 0.241. The standard InChI is InChI=1S/C16H22N2OS/c1-16(2,3)15-18-14(11-20-15)13(10-19)17-9-12-7-5-4-6-8-12/h4-8,11,13,17,19H,9-10H2,1-3H3. The van der Waals surface area contributed by atoms with Gasteiger partial charge in [0, 0.05) is 17.3 Å². The van der Waals surface area contributed by atoms with Crippen LogP contribution in [0.4, 0.5) is 0 Å². The second-order valence-electron chi connectivity index (χ2n) is 5.93. The molecule has 1 atom stereocenters. The Morgan fingerprint density at radius 2 is 1.95 bits per heavy atom. The van der Waals surface area contributed by atoms with E-state index in [9.17, 15) is 5.11 Å². The van der Waals surface area contributed by atoms with E-state index in [1.165, 1.54) is 5.56 Å². The van der Waals surface area contributed by atoms with Gasteiger partial charge in [-0.2, -0.15) is 0 Å². The first kappa shape index (κ1) is 15.2. The van der Waals surface area contributed by atoms with Crippen molar-refractivity contribution in [2.45, 2.75) is 38.8 Å². The summed E-state index contributed by atoms with van der Waals surface area (Å²) in [4.78, 5) is 4.66. The molecule has 0 bridgehead atoms. The highest BCUT2D eigenvalue weighted by Crippen LogP contribution is 2.27. The minimum absolute atomic E-state index is 0.0557. The number of aliphatic hydroxyl groups excluding tert-OH is 1. The summed E-state index contributed by atoms with van der Waals surface area (Å²) in [5, 5.41) is 16.1. The number of aliphatic hydroxyl groups is 1. The van der Waals surface area contributed by atoms with Crippen molar-refractivity contribution in [3.63, 3.8) is 0 Å². The van der Waals surface area contributed by atoms with Gasteiger partial charge in [-0.25, -0.2) is 4.98 Å². The van der Waals surface area contributed by atoms with Crippen LogP contribution in [-0.4, -0.2) is 16.7 Å². The molecule has 20 heavy (non-hydrogen) atoms. The molecule has 1 aromatic heterocycles. The SMILES string of the molecule is CC(C)(C)c1nc(C(CO)NCc2ccccc2)cs1. The Labute approximate surface area is 124 Å². The molecule has 0 saturated carbocycles. The zero-order chi connectivity index (χ0) is 14.6. The smallest absolute Gasteiger partial charge is 0.0982 e. The molecule has 0 aliphatic rings. The van der Waals surface area contributed by atoms with Crippen molar-refractivity contribution in [1.29, 1.82) is 0 Å². The van der Waals surface area contributed by atoms with E-state index < -0.39 is 0 Å². The maximum atomic E-state index is 9.57. The van der Waals surface area contributed by atoms with Gasteiger partial charge in [0.25, 0.3) is 0 Å². The Morgan fingerprint density at radius 1 is 1.25 bits per heavy atom. The maximum Gasteiger partial charge on any atom is 0.0982 e. The van der Waals surface area contributed by atoms with Crippen LogP contribution < -0.4 is 5.32 Å². The minimum atomic E-state index is -0.109. The van der Waals surface area contributed by atoms with Gasteiger partial charge < -0.3 is 10.4 Å². The van der Waals surface area contributed by atoms with E-state index in [1.807, 2.05) is 23.6 Å². The van der Waals surface area contributed by atoms with E-state index >= 15 is 0 Å². The molecular weight excluding hydrogens is 268 g/mol. The fraction of sp³-hybridized carbons (Fsp3) is 0.438. The van der Waals surface area contributed by atoms with Gasteiger partial charge in [-0.1, -0.05) is 51.1 Å². The summed E-state index contributed by atoms with van der Waals surface area (Å²) in [5.74, 6) is 0. The molecule has 2 aromatic rings. The second kappa shape index (κ2) is 6.48. The van der Waals surface area contributed by atoms with Crippen LogP contribution in [0.1, 0.15) is 43.1 Å². The van der Waals surface area contributed by atoms with Gasteiger partial charge in [0.05, 0.1) is 23.4 Å². The molecule has 0 fully saturated rings. The van der Waals surface area contributed by atoms with Gasteiger partial charge in [0.15, 0.2) is 0 Å². The average Bonchev–Trinajstić information content (AvgIpc) is 2.90. The Bertz CT molecular complexity index is 531. The van der Waals surface area contributed by atoms with Crippen molar-refractivity contribution in [2.75, 3.05) is 6.61 Å². The van der Waals surface area contributed by atoms with Gasteiger partial charge in [0.2, 0.25) is 0 Å². The van der Waals surface area contributed by atoms with Crippen molar-refractivity contribution >= 4 is 11.3 Å². The first-order valence-electron chi connectivity index (χ1n) is 6.85. The van der Waals surface area contributed by atoms with Crippen molar-refractivity contribution in [3.05, 3.63) is 52.0 Å². The first-order valence-corrected chi connectivity index (χ1v) is 7.72. The first-order chi connectivity index (χ1) is 9.50. The summed E-state index contributed by atoms with van der Waals surface area (Å²) in [5.41, 5.74) is 2.19. The van der Waals surface area contributed by atoms with Gasteiger partial charge >= 0.3 is 0 Å². The molecule has 4 heteroatoms. The fourth-order valence-corrected chi connectivity index (χ4v) is 2.85. The van der Waals surface area contributed by atoms with Gasteiger partial charge in [-0.15, -0.1) is 11.3 Å². The number of rotatable bonds is 5. The average molecular weight is 290 g/mol. The summed E-state index contributed by atoms with van der Waals surface area (Å²) < 4.78 is 0. The molecule has 1 heterocycles. The zero-order valence-electron chi connectivity index (χ0n) is 12.3. The highest BCUT2D eigenvalue weighted by Gasteiger charge is 2.21. The van der Waals surface area contributed by atoms with E-state index in [4.69, 9.17) is 0 Å². The van der Waals surface area contributed by atoms with E-state index in [1.54, 1.807) is 11.3 Å². The lowest BCUT2D eigenvalue weighted by Crippen LogP contribution is -2.24. The van der Waals surface area contributed by atoms with E-state index in [0.29, 0.717) is 0 Å². The summed E-state index contributed by atoms with van der Waals surface area (Å²) in [6.07, 6.45) is 0. The van der Waals surface area contributed by atoms with Crippen LogP contribution >= 0.6 is 11.3 Å². The highest BCUT2D eigenvalue weighted by molar-refractivity contribution is 7.09. The minimum Gasteiger partial charge on any atom is -0.394 e. The molecule has 0 saturated heterocycles. The number of hydrogen-bond donors (Lipinski definition) is 2. The molecule has 0 aliphatic heterocycles. The molecule has 1 unspecified atom stereocenters. The van der Waals surface area contributed by atoms with Crippen LogP contribution in [0.2, 0.25) is 0 Å². The largest absolute Gasteiger partial charge is 0.394 e. The van der Waals surface area contributed by atoms with Crippen molar-refractivity contribution in [2.24, 2.45) is 0 Å². The van der Waals surface area contributed by atoms with Gasteiger partial charge in [0.1, 0.15) is 0 Å². The lowest BCUT2D eigenvalue weighted by atomic mass is 9.98. The molecule has 1 aromatic carbocycles. The number of nitrogens with one attached hydrogen (secondary N) is 1. The molecule has 108 valence electrons. The van der Waals surface area contributed by atoms with Crippen LogP contribution in [0.3, 0.4) is 0 Å². The summed E-state index contributed by atoms with van der Waals surface area (Å²) in [6, 6.07) is 10.1. The topological polar surface area (TPSA) is 45.2 Å². The normalized spacial score (nSPS) is 13.4. The number of nitrogens with zero attached hydrogens (tertiary/aromatic N) is 1. The van der Waals surface area contributed by atoms with Gasteiger partial charge in [-0.3, -0.25) is 0 Å². The van der Waals surface area contributed by atoms with Gasteiger partial charge in [-0.05, 0) is 5.56 Å². The lowest BCUT2D eigenvalue weighted by Gasteiger charge is -2.16. The zero-order valence-corrected chi connectivity index (χ0v) is 13.1. The van der Waals surface area contributed by atoms with Crippen molar-refractivity contribution in [1.82, 2.24) is 10.3 Å². The highest BCUT2D eigenvalue weighted by atomic mass is 32.1. The number of benzene rings is 1. The Kier molecular flexibility index (Phi) is 4.91. The quantitative estimate of drug-likeness (QED) is 0.888. The molecule has 0 amide bonds. The Morgan fingerprint density at radius 3 is 2.50 bits per heavy atom. The number of aromatic nitrogens is 1. The molecule has 2 rings (SSSR count). The van der Waals surface area contributed by atoms with Crippen LogP contribution in [0.25, 0.3) is 0 Å². The maximum absolute atomic E-state index is 9.57. The summed E-state index contributed by atoms with van der Waals surface area (Å²) in [7, 11) is 0. The summed E-state index contributed by atoms with van der Waals surface area (Å²) >= 11 is 1.66. The van der Waals surface area contributed by atoms with E-state index in [2.05, 4.69) is 43.2 Å².